The number of amides is 1. The van der Waals surface area contributed by atoms with Crippen LogP contribution in [0.5, 0.6) is 0 Å². The summed E-state index contributed by atoms with van der Waals surface area (Å²) in [4.78, 5) is 21.1. The van der Waals surface area contributed by atoms with Gasteiger partial charge in [0.1, 0.15) is 5.69 Å². The van der Waals surface area contributed by atoms with E-state index < -0.39 is 0 Å². The molecule has 1 aliphatic rings. The Bertz CT molecular complexity index is 968. The average Bonchev–Trinajstić information content (AvgIpc) is 3.19. The zero-order chi connectivity index (χ0) is 19.5. The van der Waals surface area contributed by atoms with E-state index in [1.165, 1.54) is 5.56 Å². The molecule has 1 amide bonds. The summed E-state index contributed by atoms with van der Waals surface area (Å²) in [6.45, 7) is 3.85. The summed E-state index contributed by atoms with van der Waals surface area (Å²) >= 11 is 12.2. The standard InChI is InChI=1S/C20H19Cl2N5O/c21-15-3-4-16(17(22)10-15)18-11-19(25-24-18)20(28)27-8-6-26(7-9-27)13-14-2-1-5-23-12-14/h1-5,10-12H,6-9,13H2,(H,24,25). The smallest absolute Gasteiger partial charge is 0.271 e. The second-order valence-corrected chi connectivity index (χ2v) is 7.56. The summed E-state index contributed by atoms with van der Waals surface area (Å²) in [6.07, 6.45) is 3.65. The van der Waals surface area contributed by atoms with Crippen LogP contribution in [0.1, 0.15) is 16.1 Å². The van der Waals surface area contributed by atoms with Crippen LogP contribution in [-0.2, 0) is 6.54 Å². The zero-order valence-corrected chi connectivity index (χ0v) is 16.6. The molecule has 144 valence electrons. The molecule has 1 aliphatic heterocycles. The van der Waals surface area contributed by atoms with Crippen molar-refractivity contribution in [2.24, 2.45) is 0 Å². The molecular formula is C20H19Cl2N5O. The van der Waals surface area contributed by atoms with E-state index in [2.05, 4.69) is 26.1 Å². The minimum Gasteiger partial charge on any atom is -0.335 e. The Balaban J connectivity index is 1.39. The molecule has 1 saturated heterocycles. The van der Waals surface area contributed by atoms with E-state index in [1.807, 2.05) is 17.2 Å². The summed E-state index contributed by atoms with van der Waals surface area (Å²) in [5.41, 5.74) is 3.00. The van der Waals surface area contributed by atoms with Gasteiger partial charge in [-0.25, -0.2) is 0 Å². The van der Waals surface area contributed by atoms with Crippen molar-refractivity contribution in [1.82, 2.24) is 25.0 Å². The third-order valence-corrected chi connectivity index (χ3v) is 5.35. The number of pyridine rings is 1. The number of piperazine rings is 1. The average molecular weight is 416 g/mol. The summed E-state index contributed by atoms with van der Waals surface area (Å²) in [7, 11) is 0. The number of halogens is 2. The molecule has 0 spiro atoms. The molecule has 6 nitrogen and oxygen atoms in total. The lowest BCUT2D eigenvalue weighted by molar-refractivity contribution is 0.0622. The van der Waals surface area contributed by atoms with Gasteiger partial charge >= 0.3 is 0 Å². The number of carbonyl (C=O) groups excluding carboxylic acids is 1. The fraction of sp³-hybridized carbons (Fsp3) is 0.250. The van der Waals surface area contributed by atoms with Gasteiger partial charge in [-0.3, -0.25) is 19.8 Å². The van der Waals surface area contributed by atoms with Crippen LogP contribution in [-0.4, -0.2) is 57.1 Å². The molecule has 0 bridgehead atoms. The third kappa shape index (κ3) is 4.19. The van der Waals surface area contributed by atoms with Crippen LogP contribution in [0.2, 0.25) is 10.0 Å². The topological polar surface area (TPSA) is 65.1 Å². The zero-order valence-electron chi connectivity index (χ0n) is 15.1. The van der Waals surface area contributed by atoms with Crippen molar-refractivity contribution >= 4 is 29.1 Å². The van der Waals surface area contributed by atoms with Gasteiger partial charge in [-0.15, -0.1) is 0 Å². The Morgan fingerprint density at radius 3 is 2.64 bits per heavy atom. The van der Waals surface area contributed by atoms with Gasteiger partial charge in [0.15, 0.2) is 0 Å². The summed E-state index contributed by atoms with van der Waals surface area (Å²) in [5.74, 6) is -0.0511. The SMILES string of the molecule is O=C(c1cc(-c2ccc(Cl)cc2Cl)n[nH]1)N1CCN(Cc2cccnc2)CC1. The maximum Gasteiger partial charge on any atom is 0.271 e. The Hall–Kier alpha value is -2.41. The van der Waals surface area contributed by atoms with Crippen molar-refractivity contribution in [3.8, 4) is 11.3 Å². The van der Waals surface area contributed by atoms with Crippen LogP contribution < -0.4 is 0 Å². The Morgan fingerprint density at radius 1 is 1.11 bits per heavy atom. The molecule has 1 N–H and O–H groups in total. The van der Waals surface area contributed by atoms with Gasteiger partial charge < -0.3 is 4.90 Å². The Morgan fingerprint density at radius 2 is 1.93 bits per heavy atom. The minimum atomic E-state index is -0.0511. The first kappa shape index (κ1) is 18.9. The van der Waals surface area contributed by atoms with E-state index in [9.17, 15) is 4.79 Å². The Labute approximate surface area is 173 Å². The van der Waals surface area contributed by atoms with Gasteiger partial charge in [0.05, 0.1) is 10.7 Å². The predicted molar refractivity (Wildman–Crippen MR) is 109 cm³/mol. The van der Waals surface area contributed by atoms with Gasteiger partial charge in [0, 0.05) is 55.7 Å². The highest BCUT2D eigenvalue weighted by atomic mass is 35.5. The minimum absolute atomic E-state index is 0.0511. The number of aromatic amines is 1. The summed E-state index contributed by atoms with van der Waals surface area (Å²) in [6, 6.07) is 11.0. The van der Waals surface area contributed by atoms with Crippen LogP contribution in [0.4, 0.5) is 0 Å². The maximum atomic E-state index is 12.8. The molecule has 28 heavy (non-hydrogen) atoms. The molecule has 3 aromatic rings. The van der Waals surface area contributed by atoms with E-state index >= 15 is 0 Å². The number of nitrogens with zero attached hydrogens (tertiary/aromatic N) is 4. The lowest BCUT2D eigenvalue weighted by atomic mass is 10.1. The second kappa shape index (κ2) is 8.31. The Kier molecular flexibility index (Phi) is 5.62. The van der Waals surface area contributed by atoms with Gasteiger partial charge in [-0.1, -0.05) is 29.3 Å². The van der Waals surface area contributed by atoms with Crippen molar-refractivity contribution in [1.29, 1.82) is 0 Å². The summed E-state index contributed by atoms with van der Waals surface area (Å²) in [5, 5.41) is 8.15. The lowest BCUT2D eigenvalue weighted by Gasteiger charge is -2.34. The van der Waals surface area contributed by atoms with Gasteiger partial charge in [-0.05, 0) is 35.9 Å². The van der Waals surface area contributed by atoms with Crippen LogP contribution in [0.3, 0.4) is 0 Å². The van der Waals surface area contributed by atoms with Gasteiger partial charge in [-0.2, -0.15) is 5.10 Å². The number of hydrogen-bond acceptors (Lipinski definition) is 4. The van der Waals surface area contributed by atoms with Crippen LogP contribution in [0.15, 0.2) is 48.8 Å². The molecular weight excluding hydrogens is 397 g/mol. The highest BCUT2D eigenvalue weighted by Crippen LogP contribution is 2.29. The van der Waals surface area contributed by atoms with E-state index in [1.54, 1.807) is 30.5 Å². The fourth-order valence-corrected chi connectivity index (χ4v) is 3.80. The molecule has 0 aliphatic carbocycles. The number of hydrogen-bond donors (Lipinski definition) is 1. The highest BCUT2D eigenvalue weighted by Gasteiger charge is 2.24. The first-order chi connectivity index (χ1) is 13.6. The van der Waals surface area contributed by atoms with Crippen molar-refractivity contribution in [3.05, 3.63) is 70.1 Å². The largest absolute Gasteiger partial charge is 0.335 e. The molecule has 0 unspecified atom stereocenters. The van der Waals surface area contributed by atoms with Crippen LogP contribution >= 0.6 is 23.2 Å². The van der Waals surface area contributed by atoms with Gasteiger partial charge in [0.2, 0.25) is 0 Å². The molecule has 3 heterocycles. The highest BCUT2D eigenvalue weighted by molar-refractivity contribution is 6.36. The van der Waals surface area contributed by atoms with Crippen molar-refractivity contribution in [2.45, 2.75) is 6.54 Å². The first-order valence-electron chi connectivity index (χ1n) is 9.01. The van der Waals surface area contributed by atoms with Crippen molar-refractivity contribution < 1.29 is 4.79 Å². The van der Waals surface area contributed by atoms with E-state index in [-0.39, 0.29) is 5.91 Å². The van der Waals surface area contributed by atoms with E-state index in [0.717, 1.165) is 25.2 Å². The van der Waals surface area contributed by atoms with Crippen molar-refractivity contribution in [3.63, 3.8) is 0 Å². The molecule has 0 atom stereocenters. The molecule has 4 rings (SSSR count). The summed E-state index contributed by atoms with van der Waals surface area (Å²) < 4.78 is 0. The monoisotopic (exact) mass is 415 g/mol. The quantitative estimate of drug-likeness (QED) is 0.704. The number of rotatable bonds is 4. The number of H-pyrrole nitrogens is 1. The molecule has 2 aromatic heterocycles. The molecule has 1 fully saturated rings. The van der Waals surface area contributed by atoms with Crippen LogP contribution in [0, 0.1) is 0 Å². The predicted octanol–water partition coefficient (Wildman–Crippen LogP) is 3.74. The molecule has 1 aromatic carbocycles. The first-order valence-corrected chi connectivity index (χ1v) is 9.77. The number of benzene rings is 1. The number of carbonyl (C=O) groups is 1. The number of nitrogens with one attached hydrogen (secondary N) is 1. The second-order valence-electron chi connectivity index (χ2n) is 6.72. The van der Waals surface area contributed by atoms with E-state index in [4.69, 9.17) is 23.2 Å². The molecule has 8 heteroatoms. The normalized spacial score (nSPS) is 15.0. The van der Waals surface area contributed by atoms with Crippen LogP contribution in [0.25, 0.3) is 11.3 Å². The van der Waals surface area contributed by atoms with E-state index in [0.29, 0.717) is 34.5 Å². The molecule has 0 radical (unpaired) electrons. The third-order valence-electron chi connectivity index (χ3n) is 4.80. The van der Waals surface area contributed by atoms with Crippen molar-refractivity contribution in [2.75, 3.05) is 26.2 Å². The lowest BCUT2D eigenvalue weighted by Crippen LogP contribution is -2.48. The molecule has 0 saturated carbocycles. The maximum absolute atomic E-state index is 12.8. The fourth-order valence-electron chi connectivity index (χ4n) is 3.30. The number of aromatic nitrogens is 3. The van der Waals surface area contributed by atoms with Gasteiger partial charge in [0.25, 0.3) is 5.91 Å².